The Labute approximate surface area is 114 Å². The predicted molar refractivity (Wildman–Crippen MR) is 74.6 cm³/mol. The molecule has 1 saturated heterocycles. The molecule has 2 aliphatic rings. The van der Waals surface area contributed by atoms with Crippen molar-refractivity contribution in [2.75, 3.05) is 26.2 Å². The fraction of sp³-hybridized carbons (Fsp3) is 0.600. The van der Waals surface area contributed by atoms with E-state index >= 15 is 0 Å². The number of nitrogens with one attached hydrogen (secondary N) is 1. The third-order valence-electron chi connectivity index (χ3n) is 4.26. The van der Waals surface area contributed by atoms with Crippen molar-refractivity contribution in [3.05, 3.63) is 23.8 Å². The van der Waals surface area contributed by atoms with Crippen LogP contribution in [0.2, 0.25) is 0 Å². The molecular weight excluding hydrogens is 240 g/mol. The first-order chi connectivity index (χ1) is 9.29. The van der Waals surface area contributed by atoms with E-state index in [-0.39, 0.29) is 5.75 Å². The van der Waals surface area contributed by atoms with E-state index in [2.05, 4.69) is 17.1 Å². The smallest absolute Gasteiger partial charge is 0.127 e. The number of phenols is 1. The van der Waals surface area contributed by atoms with Gasteiger partial charge >= 0.3 is 0 Å². The number of likely N-dealkylation sites (N-methyl/N-ethyl adjacent to an activating group) is 1. The fourth-order valence-electron chi connectivity index (χ4n) is 3.31. The van der Waals surface area contributed by atoms with Crippen LogP contribution < -0.4 is 10.1 Å². The molecule has 0 radical (unpaired) electrons. The van der Waals surface area contributed by atoms with Crippen molar-refractivity contribution in [3.63, 3.8) is 0 Å². The van der Waals surface area contributed by atoms with E-state index in [9.17, 15) is 5.11 Å². The van der Waals surface area contributed by atoms with Gasteiger partial charge in [0.1, 0.15) is 18.1 Å². The Morgan fingerprint density at radius 3 is 3.11 bits per heavy atom. The molecule has 0 saturated carbocycles. The lowest BCUT2D eigenvalue weighted by Gasteiger charge is -2.37. The van der Waals surface area contributed by atoms with Crippen molar-refractivity contribution < 1.29 is 9.84 Å². The highest BCUT2D eigenvalue weighted by atomic mass is 16.5. The van der Waals surface area contributed by atoms with Crippen LogP contribution in [0.1, 0.15) is 31.4 Å². The van der Waals surface area contributed by atoms with Crippen molar-refractivity contribution in [1.82, 2.24) is 10.2 Å². The monoisotopic (exact) mass is 262 g/mol. The van der Waals surface area contributed by atoms with Crippen molar-refractivity contribution in [3.8, 4) is 11.5 Å². The largest absolute Gasteiger partial charge is 0.508 e. The van der Waals surface area contributed by atoms with E-state index in [1.807, 2.05) is 6.07 Å². The van der Waals surface area contributed by atoms with Crippen molar-refractivity contribution >= 4 is 0 Å². The summed E-state index contributed by atoms with van der Waals surface area (Å²) in [6.45, 7) is 6.15. The summed E-state index contributed by atoms with van der Waals surface area (Å²) in [4.78, 5) is 2.54. The van der Waals surface area contributed by atoms with E-state index in [1.165, 1.54) is 18.4 Å². The van der Waals surface area contributed by atoms with Gasteiger partial charge in [-0.05, 0) is 38.1 Å². The van der Waals surface area contributed by atoms with Gasteiger partial charge in [0.15, 0.2) is 0 Å². The predicted octanol–water partition coefficient (Wildman–Crippen LogP) is 1.90. The van der Waals surface area contributed by atoms with Crippen LogP contribution in [0, 0.1) is 0 Å². The second-order valence-electron chi connectivity index (χ2n) is 5.38. The van der Waals surface area contributed by atoms with Gasteiger partial charge in [-0.1, -0.05) is 6.92 Å². The van der Waals surface area contributed by atoms with Gasteiger partial charge in [-0.25, -0.2) is 0 Å². The summed E-state index contributed by atoms with van der Waals surface area (Å²) in [5.41, 5.74) is 1.21. The molecule has 0 amide bonds. The van der Waals surface area contributed by atoms with Gasteiger partial charge in [0, 0.05) is 24.2 Å². The van der Waals surface area contributed by atoms with Crippen LogP contribution in [0.5, 0.6) is 11.5 Å². The molecule has 4 nitrogen and oxygen atoms in total. The first-order valence-corrected chi connectivity index (χ1v) is 7.21. The molecule has 3 rings (SSSR count). The molecule has 0 spiro atoms. The Morgan fingerprint density at radius 2 is 2.37 bits per heavy atom. The molecule has 2 N–H and O–H groups in total. The molecule has 2 unspecified atom stereocenters. The molecule has 1 aromatic carbocycles. The number of aromatic hydroxyl groups is 1. The molecule has 1 fully saturated rings. The van der Waals surface area contributed by atoms with Gasteiger partial charge in [0.25, 0.3) is 0 Å². The summed E-state index contributed by atoms with van der Waals surface area (Å²) >= 11 is 0. The summed E-state index contributed by atoms with van der Waals surface area (Å²) < 4.78 is 5.74. The third kappa shape index (κ3) is 2.42. The Bertz CT molecular complexity index is 444. The molecular formula is C15H22N2O2. The maximum absolute atomic E-state index is 9.52. The highest BCUT2D eigenvalue weighted by Gasteiger charge is 2.33. The van der Waals surface area contributed by atoms with Crippen LogP contribution in [0.3, 0.4) is 0 Å². The van der Waals surface area contributed by atoms with Gasteiger partial charge in [0.05, 0.1) is 6.04 Å². The van der Waals surface area contributed by atoms with Crippen molar-refractivity contribution in [1.29, 1.82) is 0 Å². The summed E-state index contributed by atoms with van der Waals surface area (Å²) in [6, 6.07) is 6.40. The second-order valence-corrected chi connectivity index (χ2v) is 5.38. The lowest BCUT2D eigenvalue weighted by molar-refractivity contribution is 0.101. The van der Waals surface area contributed by atoms with E-state index in [0.29, 0.717) is 18.7 Å². The number of hydrogen-bond acceptors (Lipinski definition) is 4. The summed E-state index contributed by atoms with van der Waals surface area (Å²) in [6.07, 6.45) is 2.50. The van der Waals surface area contributed by atoms with Gasteiger partial charge in [0.2, 0.25) is 0 Å². The highest BCUT2D eigenvalue weighted by molar-refractivity contribution is 5.44. The Morgan fingerprint density at radius 1 is 1.47 bits per heavy atom. The van der Waals surface area contributed by atoms with Gasteiger partial charge in [-0.2, -0.15) is 0 Å². The number of nitrogens with zero attached hydrogens (tertiary/aromatic N) is 1. The molecule has 19 heavy (non-hydrogen) atoms. The minimum absolute atomic E-state index is 0.279. The summed E-state index contributed by atoms with van der Waals surface area (Å²) in [7, 11) is 0. The minimum atomic E-state index is 0.279. The molecule has 2 aliphatic heterocycles. The minimum Gasteiger partial charge on any atom is -0.508 e. The van der Waals surface area contributed by atoms with Crippen LogP contribution in [0.25, 0.3) is 0 Å². The zero-order valence-corrected chi connectivity index (χ0v) is 11.4. The van der Waals surface area contributed by atoms with Crippen molar-refractivity contribution in [2.24, 2.45) is 0 Å². The molecule has 0 bridgehead atoms. The maximum Gasteiger partial charge on any atom is 0.127 e. The van der Waals surface area contributed by atoms with E-state index in [4.69, 9.17) is 4.74 Å². The topological polar surface area (TPSA) is 44.7 Å². The Balaban J connectivity index is 1.82. The summed E-state index contributed by atoms with van der Waals surface area (Å²) in [5.74, 6) is 1.12. The van der Waals surface area contributed by atoms with Crippen LogP contribution in [0.4, 0.5) is 0 Å². The van der Waals surface area contributed by atoms with Gasteiger partial charge in [-0.3, -0.25) is 4.90 Å². The van der Waals surface area contributed by atoms with Gasteiger partial charge in [-0.15, -0.1) is 0 Å². The second kappa shape index (κ2) is 5.39. The van der Waals surface area contributed by atoms with Crippen LogP contribution in [-0.2, 0) is 0 Å². The maximum atomic E-state index is 9.52. The normalized spacial score (nSPS) is 26.2. The molecule has 104 valence electrons. The molecule has 4 heteroatoms. The number of hydrogen-bond donors (Lipinski definition) is 2. The number of phenolic OH excluding ortho intramolecular Hbond substituents is 1. The number of piperidine rings is 1. The number of ether oxygens (including phenoxy) is 1. The first-order valence-electron chi connectivity index (χ1n) is 7.21. The molecule has 1 aromatic rings. The standard InChI is InChI=1S/C15H22N2O2/c1-2-17(11-4-3-7-16-9-11)14-10-19-15-8-12(18)5-6-13(14)15/h5-6,8,11,14,16,18H,2-4,7,9-10H2,1H3. The van der Waals surface area contributed by atoms with Gasteiger partial charge < -0.3 is 15.2 Å². The fourth-order valence-corrected chi connectivity index (χ4v) is 3.31. The molecule has 2 atom stereocenters. The molecule has 2 heterocycles. The lowest BCUT2D eigenvalue weighted by Crippen LogP contribution is -2.47. The molecule has 0 aliphatic carbocycles. The van der Waals surface area contributed by atoms with Crippen LogP contribution in [-0.4, -0.2) is 42.3 Å². The third-order valence-corrected chi connectivity index (χ3v) is 4.26. The zero-order valence-electron chi connectivity index (χ0n) is 11.4. The highest BCUT2D eigenvalue weighted by Crippen LogP contribution is 2.39. The van der Waals surface area contributed by atoms with E-state index < -0.39 is 0 Å². The average Bonchev–Trinajstić information content (AvgIpc) is 2.84. The molecule has 0 aromatic heterocycles. The Hall–Kier alpha value is -1.26. The first kappa shape index (κ1) is 12.8. The van der Waals surface area contributed by atoms with Crippen molar-refractivity contribution in [2.45, 2.75) is 31.8 Å². The summed E-state index contributed by atoms with van der Waals surface area (Å²) in [5, 5.41) is 13.0. The Kier molecular flexibility index (Phi) is 3.62. The number of benzene rings is 1. The average molecular weight is 262 g/mol. The quantitative estimate of drug-likeness (QED) is 0.873. The number of rotatable bonds is 3. The lowest BCUT2D eigenvalue weighted by atomic mass is 10.0. The van der Waals surface area contributed by atoms with Crippen LogP contribution in [0.15, 0.2) is 18.2 Å². The van der Waals surface area contributed by atoms with Crippen LogP contribution >= 0.6 is 0 Å². The van der Waals surface area contributed by atoms with E-state index in [1.54, 1.807) is 12.1 Å². The number of fused-ring (bicyclic) bond motifs is 1. The zero-order chi connectivity index (χ0) is 13.2. The van der Waals surface area contributed by atoms with E-state index in [0.717, 1.165) is 25.4 Å². The SMILES string of the molecule is CCN(C1CCCNC1)C1COc2cc(O)ccc21.